The molecule has 1 aromatic heterocycles. The molecule has 0 aliphatic carbocycles. The van der Waals surface area contributed by atoms with Crippen LogP contribution in [0.15, 0.2) is 72.0 Å². The maximum absolute atomic E-state index is 5.93. The van der Waals surface area contributed by atoms with E-state index in [1.807, 2.05) is 61.9 Å². The van der Waals surface area contributed by atoms with Crippen LogP contribution in [0.5, 0.6) is 0 Å². The van der Waals surface area contributed by atoms with Crippen molar-refractivity contribution in [1.29, 1.82) is 0 Å². The summed E-state index contributed by atoms with van der Waals surface area (Å²) < 4.78 is 1.79. The molecule has 0 spiro atoms. The smallest absolute Gasteiger partial charge is 0.193 e. The maximum Gasteiger partial charge on any atom is 0.193 e. The van der Waals surface area contributed by atoms with E-state index in [4.69, 9.17) is 5.73 Å². The third kappa shape index (κ3) is 3.97. The largest absolute Gasteiger partial charge is 0.370 e. The van der Waals surface area contributed by atoms with Crippen LogP contribution >= 0.6 is 0 Å². The zero-order chi connectivity index (χ0) is 16.1. The van der Waals surface area contributed by atoms with Gasteiger partial charge in [-0.1, -0.05) is 36.4 Å². The number of aliphatic imine (C=N–C) groups is 1. The third-order valence-corrected chi connectivity index (χ3v) is 3.44. The first kappa shape index (κ1) is 14.8. The van der Waals surface area contributed by atoms with Gasteiger partial charge in [0, 0.05) is 24.5 Å². The third-order valence-electron chi connectivity index (χ3n) is 3.44. The molecular weight excluding hydrogens is 286 g/mol. The minimum atomic E-state index is 0.406. The van der Waals surface area contributed by atoms with Crippen LogP contribution in [-0.2, 0) is 13.6 Å². The highest BCUT2D eigenvalue weighted by atomic mass is 15.2. The predicted octanol–water partition coefficient (Wildman–Crippen LogP) is 3.01. The summed E-state index contributed by atoms with van der Waals surface area (Å²) in [5.74, 6) is 0.406. The van der Waals surface area contributed by atoms with Crippen molar-refractivity contribution < 1.29 is 0 Å². The number of aromatic nitrogens is 2. The minimum absolute atomic E-state index is 0.406. The average Bonchev–Trinajstić information content (AvgIpc) is 3.01. The van der Waals surface area contributed by atoms with Crippen molar-refractivity contribution in [2.75, 3.05) is 5.32 Å². The lowest BCUT2D eigenvalue weighted by Crippen LogP contribution is -2.22. The van der Waals surface area contributed by atoms with Gasteiger partial charge in [0.25, 0.3) is 0 Å². The standard InChI is InChI=1S/C18H19N5/c1-23-13-16(12-21-23)15-7-5-6-14(10-15)11-20-18(19)22-17-8-3-2-4-9-17/h2-10,12-13H,11H2,1H3,(H3,19,20,22). The van der Waals surface area contributed by atoms with Gasteiger partial charge in [-0.15, -0.1) is 0 Å². The molecule has 3 rings (SSSR count). The summed E-state index contributed by atoms with van der Waals surface area (Å²) in [5, 5.41) is 7.28. The van der Waals surface area contributed by atoms with Gasteiger partial charge in [-0.25, -0.2) is 4.99 Å². The molecule has 2 aromatic carbocycles. The van der Waals surface area contributed by atoms with Crippen LogP contribution in [0.3, 0.4) is 0 Å². The highest BCUT2D eigenvalue weighted by Crippen LogP contribution is 2.19. The van der Waals surface area contributed by atoms with Crippen molar-refractivity contribution in [3.8, 4) is 11.1 Å². The zero-order valence-electron chi connectivity index (χ0n) is 13.0. The Bertz CT molecular complexity index is 805. The molecule has 0 fully saturated rings. The Kier molecular flexibility index (Phi) is 4.38. The lowest BCUT2D eigenvalue weighted by atomic mass is 10.1. The minimum Gasteiger partial charge on any atom is -0.370 e. The van der Waals surface area contributed by atoms with Crippen molar-refractivity contribution in [2.45, 2.75) is 6.54 Å². The molecule has 0 aliphatic rings. The molecule has 116 valence electrons. The van der Waals surface area contributed by atoms with Crippen molar-refractivity contribution in [3.05, 3.63) is 72.6 Å². The van der Waals surface area contributed by atoms with Gasteiger partial charge < -0.3 is 11.1 Å². The highest BCUT2D eigenvalue weighted by Gasteiger charge is 2.02. The predicted molar refractivity (Wildman–Crippen MR) is 94.0 cm³/mol. The summed E-state index contributed by atoms with van der Waals surface area (Å²) in [4.78, 5) is 4.39. The molecule has 0 atom stereocenters. The monoisotopic (exact) mass is 305 g/mol. The number of nitrogens with zero attached hydrogens (tertiary/aromatic N) is 3. The Balaban J connectivity index is 1.69. The number of hydrogen-bond donors (Lipinski definition) is 2. The quantitative estimate of drug-likeness (QED) is 0.575. The summed E-state index contributed by atoms with van der Waals surface area (Å²) in [5.41, 5.74) is 10.2. The van der Waals surface area contributed by atoms with E-state index < -0.39 is 0 Å². The van der Waals surface area contributed by atoms with Gasteiger partial charge in [0.1, 0.15) is 0 Å². The Morgan fingerprint density at radius 1 is 1.13 bits per heavy atom. The van der Waals surface area contributed by atoms with E-state index in [1.165, 1.54) is 0 Å². The summed E-state index contributed by atoms with van der Waals surface area (Å²) in [6.45, 7) is 0.528. The van der Waals surface area contributed by atoms with E-state index in [0.29, 0.717) is 12.5 Å². The van der Waals surface area contributed by atoms with Crippen molar-refractivity contribution >= 4 is 11.6 Å². The Morgan fingerprint density at radius 3 is 2.70 bits per heavy atom. The van der Waals surface area contributed by atoms with Gasteiger partial charge in [0.05, 0.1) is 12.7 Å². The molecule has 0 radical (unpaired) electrons. The van der Waals surface area contributed by atoms with E-state index in [2.05, 4.69) is 27.5 Å². The Morgan fingerprint density at radius 2 is 1.96 bits per heavy atom. The molecule has 0 unspecified atom stereocenters. The molecule has 0 saturated heterocycles. The van der Waals surface area contributed by atoms with Crippen LogP contribution in [0.25, 0.3) is 11.1 Å². The molecule has 0 saturated carbocycles. The molecule has 3 N–H and O–H groups in total. The number of nitrogens with one attached hydrogen (secondary N) is 1. The number of hydrogen-bond acceptors (Lipinski definition) is 2. The zero-order valence-corrected chi connectivity index (χ0v) is 13.0. The van der Waals surface area contributed by atoms with Crippen LogP contribution in [0.4, 0.5) is 5.69 Å². The summed E-state index contributed by atoms with van der Waals surface area (Å²) in [6.07, 6.45) is 3.85. The second kappa shape index (κ2) is 6.79. The number of guanidine groups is 1. The SMILES string of the molecule is Cn1cc(-c2cccc(CN=C(N)Nc3ccccc3)c2)cn1. The molecule has 0 aliphatic heterocycles. The molecule has 0 amide bonds. The number of nitrogens with two attached hydrogens (primary N) is 1. The first-order valence-electron chi connectivity index (χ1n) is 7.41. The molecule has 5 heteroatoms. The number of aryl methyl sites for hydroxylation is 1. The normalized spacial score (nSPS) is 11.4. The van der Waals surface area contributed by atoms with E-state index >= 15 is 0 Å². The van der Waals surface area contributed by atoms with Gasteiger partial charge >= 0.3 is 0 Å². The van der Waals surface area contributed by atoms with Gasteiger partial charge in [0.15, 0.2) is 5.96 Å². The number of anilines is 1. The first-order chi connectivity index (χ1) is 11.2. The maximum atomic E-state index is 5.93. The van der Waals surface area contributed by atoms with Crippen LogP contribution in [0, 0.1) is 0 Å². The van der Waals surface area contributed by atoms with Crippen molar-refractivity contribution in [2.24, 2.45) is 17.8 Å². The van der Waals surface area contributed by atoms with E-state index in [-0.39, 0.29) is 0 Å². The molecule has 23 heavy (non-hydrogen) atoms. The van der Waals surface area contributed by atoms with E-state index in [1.54, 1.807) is 4.68 Å². The van der Waals surface area contributed by atoms with Gasteiger partial charge in [-0.3, -0.25) is 4.68 Å². The fraction of sp³-hybridized carbons (Fsp3) is 0.111. The Labute approximate surface area is 135 Å². The van der Waals surface area contributed by atoms with Gasteiger partial charge in [-0.05, 0) is 29.3 Å². The second-order valence-corrected chi connectivity index (χ2v) is 5.30. The number of rotatable bonds is 4. The molecule has 5 nitrogen and oxygen atoms in total. The van der Waals surface area contributed by atoms with Crippen molar-refractivity contribution in [3.63, 3.8) is 0 Å². The van der Waals surface area contributed by atoms with Crippen LogP contribution < -0.4 is 11.1 Å². The van der Waals surface area contributed by atoms with Crippen LogP contribution in [0.2, 0.25) is 0 Å². The Hall–Kier alpha value is -3.08. The fourth-order valence-corrected chi connectivity index (χ4v) is 2.30. The molecule has 3 aromatic rings. The van der Waals surface area contributed by atoms with E-state index in [0.717, 1.165) is 22.4 Å². The lowest BCUT2D eigenvalue weighted by Gasteiger charge is -2.06. The topological polar surface area (TPSA) is 68.2 Å². The average molecular weight is 305 g/mol. The van der Waals surface area contributed by atoms with Crippen molar-refractivity contribution in [1.82, 2.24) is 9.78 Å². The highest BCUT2D eigenvalue weighted by molar-refractivity contribution is 5.92. The summed E-state index contributed by atoms with van der Waals surface area (Å²) >= 11 is 0. The summed E-state index contributed by atoms with van der Waals surface area (Å²) in [6, 6.07) is 18.0. The lowest BCUT2D eigenvalue weighted by molar-refractivity contribution is 0.768. The fourth-order valence-electron chi connectivity index (χ4n) is 2.30. The number of benzene rings is 2. The number of para-hydroxylation sites is 1. The second-order valence-electron chi connectivity index (χ2n) is 5.30. The van der Waals surface area contributed by atoms with Crippen LogP contribution in [-0.4, -0.2) is 15.7 Å². The van der Waals surface area contributed by atoms with E-state index in [9.17, 15) is 0 Å². The first-order valence-corrected chi connectivity index (χ1v) is 7.41. The van der Waals surface area contributed by atoms with Gasteiger partial charge in [-0.2, -0.15) is 5.10 Å². The van der Waals surface area contributed by atoms with Gasteiger partial charge in [0.2, 0.25) is 0 Å². The molecular formula is C18H19N5. The van der Waals surface area contributed by atoms with Crippen LogP contribution in [0.1, 0.15) is 5.56 Å². The molecule has 0 bridgehead atoms. The summed E-state index contributed by atoms with van der Waals surface area (Å²) in [7, 11) is 1.91. The molecule has 1 heterocycles.